The van der Waals surface area contributed by atoms with Gasteiger partial charge >= 0.3 is 0 Å². The van der Waals surface area contributed by atoms with E-state index in [-0.39, 0.29) is 11.8 Å². The second kappa shape index (κ2) is 11.7. The van der Waals surface area contributed by atoms with E-state index in [0.29, 0.717) is 17.5 Å². The standard InChI is InChI=1S/C36H45BrN2/c1-6-11-12-13-14-21-15-27-28-19-24(22(7-2)8-3)17-25-18-26(37)20-29(31(25)28)34-33(27)30(16-21)35(38)32(36(34)39)23(9-4)10-5/h15-20,22-23,30,32,38-39H,6-14H2,1-5H3. The molecule has 0 bridgehead atoms. The lowest BCUT2D eigenvalue weighted by Crippen LogP contribution is -2.42. The van der Waals surface area contributed by atoms with Crippen molar-refractivity contribution in [3.63, 3.8) is 0 Å². The van der Waals surface area contributed by atoms with Crippen LogP contribution in [-0.4, -0.2) is 11.4 Å². The zero-order chi connectivity index (χ0) is 27.8. The smallest absolute Gasteiger partial charge is 0.0485 e. The average molecular weight is 586 g/mol. The summed E-state index contributed by atoms with van der Waals surface area (Å²) in [5.74, 6) is 0.728. The van der Waals surface area contributed by atoms with Crippen LogP contribution >= 0.6 is 15.9 Å². The fourth-order valence-electron chi connectivity index (χ4n) is 7.54. The van der Waals surface area contributed by atoms with E-state index in [9.17, 15) is 10.8 Å². The number of unbranched alkanes of at least 4 members (excludes halogenated alkanes) is 3. The van der Waals surface area contributed by atoms with E-state index in [1.165, 1.54) is 69.1 Å². The Bertz CT molecular complexity index is 1500. The molecule has 3 aromatic rings. The molecule has 2 N–H and O–H groups in total. The van der Waals surface area contributed by atoms with Gasteiger partial charge in [0.1, 0.15) is 0 Å². The van der Waals surface area contributed by atoms with E-state index >= 15 is 0 Å². The fourth-order valence-corrected chi connectivity index (χ4v) is 8.02. The van der Waals surface area contributed by atoms with Crippen molar-refractivity contribution in [3.05, 3.63) is 62.3 Å². The fraction of sp³-hybridized carbons (Fsp3) is 0.500. The van der Waals surface area contributed by atoms with Crippen molar-refractivity contribution < 1.29 is 0 Å². The van der Waals surface area contributed by atoms with Crippen molar-refractivity contribution in [1.82, 2.24) is 0 Å². The van der Waals surface area contributed by atoms with E-state index < -0.39 is 0 Å². The minimum Gasteiger partial charge on any atom is -0.308 e. The molecule has 0 spiro atoms. The van der Waals surface area contributed by atoms with Crippen molar-refractivity contribution in [2.75, 3.05) is 0 Å². The van der Waals surface area contributed by atoms with Gasteiger partial charge in [-0.3, -0.25) is 0 Å². The van der Waals surface area contributed by atoms with Gasteiger partial charge in [-0.25, -0.2) is 0 Å². The molecule has 5 rings (SSSR count). The summed E-state index contributed by atoms with van der Waals surface area (Å²) >= 11 is 3.84. The van der Waals surface area contributed by atoms with Gasteiger partial charge in [0, 0.05) is 33.3 Å². The molecule has 39 heavy (non-hydrogen) atoms. The van der Waals surface area contributed by atoms with Crippen LogP contribution in [0, 0.1) is 22.7 Å². The molecule has 0 aliphatic heterocycles. The van der Waals surface area contributed by atoms with Crippen LogP contribution in [-0.2, 0) is 0 Å². The zero-order valence-corrected chi connectivity index (χ0v) is 26.1. The number of nitrogens with one attached hydrogen (secondary N) is 2. The third-order valence-electron chi connectivity index (χ3n) is 9.72. The van der Waals surface area contributed by atoms with E-state index in [2.05, 4.69) is 87.0 Å². The van der Waals surface area contributed by atoms with E-state index in [0.717, 1.165) is 47.9 Å². The minimum atomic E-state index is -0.111. The average Bonchev–Trinajstić information content (AvgIpc) is 2.93. The number of allylic oxidation sites excluding steroid dienone is 2. The molecule has 2 aliphatic rings. The number of benzene rings is 3. The topological polar surface area (TPSA) is 47.7 Å². The molecule has 2 aliphatic carbocycles. The molecular weight excluding hydrogens is 540 g/mol. The third-order valence-corrected chi connectivity index (χ3v) is 10.2. The molecule has 0 radical (unpaired) electrons. The van der Waals surface area contributed by atoms with E-state index in [1.807, 2.05) is 0 Å². The van der Waals surface area contributed by atoms with Crippen LogP contribution in [0.2, 0.25) is 0 Å². The van der Waals surface area contributed by atoms with Crippen molar-refractivity contribution in [2.24, 2.45) is 11.8 Å². The first-order valence-corrected chi connectivity index (χ1v) is 16.3. The van der Waals surface area contributed by atoms with Gasteiger partial charge in [-0.05, 0) is 87.5 Å². The first-order valence-electron chi connectivity index (χ1n) is 15.5. The maximum absolute atomic E-state index is 9.61. The highest BCUT2D eigenvalue weighted by molar-refractivity contribution is 9.10. The molecule has 2 nitrogen and oxygen atoms in total. The summed E-state index contributed by atoms with van der Waals surface area (Å²) in [6, 6.07) is 9.39. The monoisotopic (exact) mass is 584 g/mol. The molecule has 2 unspecified atom stereocenters. The lowest BCUT2D eigenvalue weighted by molar-refractivity contribution is 0.451. The number of rotatable bonds is 11. The van der Waals surface area contributed by atoms with Crippen LogP contribution in [0.4, 0.5) is 0 Å². The molecule has 0 saturated carbocycles. The predicted octanol–water partition coefficient (Wildman–Crippen LogP) is 10.6. The van der Waals surface area contributed by atoms with Crippen LogP contribution in [0.25, 0.3) is 27.6 Å². The lowest BCUT2D eigenvalue weighted by Gasteiger charge is -2.39. The number of fused-ring (bicyclic) bond motifs is 2. The normalized spacial score (nSPS) is 18.8. The van der Waals surface area contributed by atoms with Gasteiger partial charge in [-0.2, -0.15) is 0 Å². The summed E-state index contributed by atoms with van der Waals surface area (Å²) in [5, 5.41) is 25.5. The Balaban J connectivity index is 1.86. The predicted molar refractivity (Wildman–Crippen MR) is 174 cm³/mol. The molecule has 0 fully saturated rings. The quantitative estimate of drug-likeness (QED) is 0.210. The van der Waals surface area contributed by atoms with Crippen molar-refractivity contribution in [3.8, 4) is 0 Å². The summed E-state index contributed by atoms with van der Waals surface area (Å²) in [4.78, 5) is 0. The Morgan fingerprint density at radius 2 is 1.59 bits per heavy atom. The second-order valence-electron chi connectivity index (χ2n) is 11.9. The molecule has 3 aromatic carbocycles. The van der Waals surface area contributed by atoms with Gasteiger partial charge in [0.15, 0.2) is 0 Å². The largest absolute Gasteiger partial charge is 0.308 e. The molecule has 3 heteroatoms. The van der Waals surface area contributed by atoms with Crippen molar-refractivity contribution >= 4 is 55.0 Å². The summed E-state index contributed by atoms with van der Waals surface area (Å²) in [6.45, 7) is 11.3. The van der Waals surface area contributed by atoms with Crippen molar-refractivity contribution in [1.29, 1.82) is 10.8 Å². The molecule has 0 amide bonds. The first-order chi connectivity index (χ1) is 18.9. The Labute approximate surface area is 243 Å². The van der Waals surface area contributed by atoms with Gasteiger partial charge < -0.3 is 10.8 Å². The van der Waals surface area contributed by atoms with Gasteiger partial charge in [0.2, 0.25) is 0 Å². The maximum atomic E-state index is 9.61. The maximum Gasteiger partial charge on any atom is 0.0485 e. The Morgan fingerprint density at radius 3 is 2.26 bits per heavy atom. The summed E-state index contributed by atoms with van der Waals surface area (Å²) in [6.07, 6.45) is 15.2. The highest BCUT2D eigenvalue weighted by Crippen LogP contribution is 2.45. The van der Waals surface area contributed by atoms with E-state index in [4.69, 9.17) is 0 Å². The summed E-state index contributed by atoms with van der Waals surface area (Å²) in [7, 11) is 0. The zero-order valence-electron chi connectivity index (χ0n) is 24.5. The minimum absolute atomic E-state index is 0.0279. The molecular formula is C36H45BrN2. The highest BCUT2D eigenvalue weighted by Gasteiger charge is 2.41. The van der Waals surface area contributed by atoms with Crippen LogP contribution in [0.3, 0.4) is 0 Å². The van der Waals surface area contributed by atoms with Gasteiger partial charge in [-0.15, -0.1) is 0 Å². The van der Waals surface area contributed by atoms with Crippen LogP contribution < -0.4 is 5.22 Å². The summed E-state index contributed by atoms with van der Waals surface area (Å²) < 4.78 is 1.07. The van der Waals surface area contributed by atoms with Gasteiger partial charge in [0.25, 0.3) is 0 Å². The molecule has 0 aromatic heterocycles. The Kier molecular flexibility index (Phi) is 8.48. The van der Waals surface area contributed by atoms with Crippen LogP contribution in [0.1, 0.15) is 121 Å². The molecule has 206 valence electrons. The highest BCUT2D eigenvalue weighted by atomic mass is 79.9. The van der Waals surface area contributed by atoms with E-state index in [1.54, 1.807) is 0 Å². The van der Waals surface area contributed by atoms with Crippen molar-refractivity contribution in [2.45, 2.75) is 104 Å². The SMILES string of the molecule is CCCCCCC1=CC2C(=N)C(C(CC)CC)C(=N)c3c2c(c2cc(C(CC)CC)cc4cc(Br)cc3c42)=C1. The first kappa shape index (κ1) is 28.3. The number of hydrogen-bond donors (Lipinski definition) is 2. The lowest BCUT2D eigenvalue weighted by atomic mass is 9.64. The van der Waals surface area contributed by atoms with Crippen LogP contribution in [0.5, 0.6) is 0 Å². The second-order valence-corrected chi connectivity index (χ2v) is 12.8. The third kappa shape index (κ3) is 4.83. The molecule has 0 saturated heterocycles. The Morgan fingerprint density at radius 1 is 0.846 bits per heavy atom. The summed E-state index contributed by atoms with van der Waals surface area (Å²) in [5.41, 5.74) is 6.54. The number of hydrogen-bond acceptors (Lipinski definition) is 2. The number of halogens is 1. The molecule has 0 heterocycles. The molecule has 2 atom stereocenters. The van der Waals surface area contributed by atoms with Crippen LogP contribution in [0.15, 0.2) is 40.4 Å². The van der Waals surface area contributed by atoms with Gasteiger partial charge in [0.05, 0.1) is 0 Å². The van der Waals surface area contributed by atoms with Gasteiger partial charge in [-0.1, -0.05) is 113 Å². The Hall–Kier alpha value is -2.26.